The van der Waals surface area contributed by atoms with Gasteiger partial charge in [0.2, 0.25) is 0 Å². The van der Waals surface area contributed by atoms with Crippen molar-refractivity contribution in [1.82, 2.24) is 9.97 Å². The molecule has 0 aromatic carbocycles. The van der Waals surface area contributed by atoms with Gasteiger partial charge >= 0.3 is 0 Å². The minimum absolute atomic E-state index is 0.565. The summed E-state index contributed by atoms with van der Waals surface area (Å²) in [4.78, 5) is 11.5. The highest BCUT2D eigenvalue weighted by Gasteiger charge is 2.32. The van der Waals surface area contributed by atoms with E-state index in [2.05, 4.69) is 16.8 Å². The highest BCUT2D eigenvalue weighted by Crippen LogP contribution is 2.40. The molecule has 2 fully saturated rings. The summed E-state index contributed by atoms with van der Waals surface area (Å²) in [5.74, 6) is 2.56. The Morgan fingerprint density at radius 1 is 1.29 bits per heavy atom. The first kappa shape index (κ1) is 11.3. The van der Waals surface area contributed by atoms with Gasteiger partial charge in [-0.05, 0) is 32.1 Å². The molecule has 0 unspecified atom stereocenters. The van der Waals surface area contributed by atoms with Crippen LogP contribution in [0.5, 0.6) is 0 Å². The minimum atomic E-state index is 0.565. The molecule has 17 heavy (non-hydrogen) atoms. The van der Waals surface area contributed by atoms with E-state index < -0.39 is 0 Å². The zero-order valence-corrected chi connectivity index (χ0v) is 11.0. The number of aromatic nitrogens is 2. The average Bonchev–Trinajstić information content (AvgIpc) is 3.18. The Morgan fingerprint density at radius 2 is 2.06 bits per heavy atom. The second-order valence-electron chi connectivity index (χ2n) is 5.11. The smallest absolute Gasteiger partial charge is 0.135 e. The number of halogens is 1. The van der Waals surface area contributed by atoms with Gasteiger partial charge in [-0.3, -0.25) is 0 Å². The van der Waals surface area contributed by atoms with Crippen LogP contribution in [0.15, 0.2) is 6.07 Å². The molecular weight excluding hydrogens is 234 g/mol. The lowest BCUT2D eigenvalue weighted by Gasteiger charge is -2.23. The Hall–Kier alpha value is -0.830. The van der Waals surface area contributed by atoms with Gasteiger partial charge in [0.1, 0.15) is 16.8 Å². The summed E-state index contributed by atoms with van der Waals surface area (Å²) in [5, 5.41) is 0.596. The van der Waals surface area contributed by atoms with Gasteiger partial charge in [0.15, 0.2) is 0 Å². The third kappa shape index (κ3) is 2.54. The standard InChI is InChI=1S/C13H18ClN3/c1-2-7-17(10-5-6-10)12-8-11(14)15-13(16-12)9-3-4-9/h8-10H,2-7H2,1H3. The monoisotopic (exact) mass is 251 g/mol. The molecule has 0 aliphatic heterocycles. The van der Waals surface area contributed by atoms with Crippen molar-refractivity contribution in [3.8, 4) is 0 Å². The van der Waals surface area contributed by atoms with Gasteiger partial charge < -0.3 is 4.90 Å². The highest BCUT2D eigenvalue weighted by molar-refractivity contribution is 6.29. The molecule has 3 rings (SSSR count). The van der Waals surface area contributed by atoms with Crippen molar-refractivity contribution in [2.45, 2.75) is 51.0 Å². The van der Waals surface area contributed by atoms with Crippen molar-refractivity contribution in [2.75, 3.05) is 11.4 Å². The quantitative estimate of drug-likeness (QED) is 0.752. The summed E-state index contributed by atoms with van der Waals surface area (Å²) >= 11 is 6.11. The molecule has 92 valence electrons. The number of hydrogen-bond acceptors (Lipinski definition) is 3. The first-order valence-electron chi connectivity index (χ1n) is 6.59. The number of hydrogen-bond donors (Lipinski definition) is 0. The minimum Gasteiger partial charge on any atom is -0.353 e. The lowest BCUT2D eigenvalue weighted by molar-refractivity contribution is 0.741. The molecular formula is C13H18ClN3. The molecule has 2 aliphatic rings. The molecule has 2 aliphatic carbocycles. The maximum Gasteiger partial charge on any atom is 0.135 e. The number of nitrogens with zero attached hydrogens (tertiary/aromatic N) is 3. The van der Waals surface area contributed by atoms with Crippen molar-refractivity contribution in [3.63, 3.8) is 0 Å². The highest BCUT2D eigenvalue weighted by atomic mass is 35.5. The summed E-state index contributed by atoms with van der Waals surface area (Å²) in [6.45, 7) is 3.28. The second kappa shape index (κ2) is 4.45. The summed E-state index contributed by atoms with van der Waals surface area (Å²) in [5.41, 5.74) is 0. The first-order chi connectivity index (χ1) is 8.28. The van der Waals surface area contributed by atoms with Gasteiger partial charge in [0, 0.05) is 24.6 Å². The van der Waals surface area contributed by atoms with Gasteiger partial charge in [-0.1, -0.05) is 18.5 Å². The normalized spacial score (nSPS) is 19.4. The molecule has 4 heteroatoms. The van der Waals surface area contributed by atoms with Gasteiger partial charge in [-0.15, -0.1) is 0 Å². The van der Waals surface area contributed by atoms with E-state index in [0.717, 1.165) is 24.6 Å². The van der Waals surface area contributed by atoms with Crippen molar-refractivity contribution >= 4 is 17.4 Å². The molecule has 0 saturated heterocycles. The van der Waals surface area contributed by atoms with Crippen molar-refractivity contribution in [2.24, 2.45) is 0 Å². The largest absolute Gasteiger partial charge is 0.353 e. The van der Waals surface area contributed by atoms with Crippen LogP contribution < -0.4 is 4.90 Å². The molecule has 0 bridgehead atoms. The van der Waals surface area contributed by atoms with Gasteiger partial charge in [0.05, 0.1) is 0 Å². The van der Waals surface area contributed by atoms with Crippen LogP contribution >= 0.6 is 11.6 Å². The summed E-state index contributed by atoms with van der Waals surface area (Å²) in [6, 6.07) is 2.61. The van der Waals surface area contributed by atoms with Crippen LogP contribution in [0.25, 0.3) is 0 Å². The first-order valence-corrected chi connectivity index (χ1v) is 6.97. The molecule has 0 radical (unpaired) electrons. The molecule has 0 spiro atoms. The van der Waals surface area contributed by atoms with E-state index in [1.807, 2.05) is 6.07 Å². The molecule has 0 N–H and O–H groups in total. The maximum atomic E-state index is 6.11. The third-order valence-corrected chi connectivity index (χ3v) is 3.58. The Labute approximate surface area is 107 Å². The molecule has 0 atom stereocenters. The van der Waals surface area contributed by atoms with Crippen LogP contribution in [0.2, 0.25) is 5.15 Å². The SMILES string of the molecule is CCCN(c1cc(Cl)nc(C2CC2)n1)C1CC1. The van der Waals surface area contributed by atoms with Gasteiger partial charge in [-0.25, -0.2) is 9.97 Å². The van der Waals surface area contributed by atoms with E-state index >= 15 is 0 Å². The van der Waals surface area contributed by atoms with Crippen molar-refractivity contribution in [1.29, 1.82) is 0 Å². The molecule has 0 amide bonds. The predicted octanol–water partition coefficient (Wildman–Crippen LogP) is 3.39. The van der Waals surface area contributed by atoms with Crippen LogP contribution in [0.1, 0.15) is 50.8 Å². The van der Waals surface area contributed by atoms with Gasteiger partial charge in [0.25, 0.3) is 0 Å². The molecule has 1 aromatic heterocycles. The fourth-order valence-corrected chi connectivity index (χ4v) is 2.39. The predicted molar refractivity (Wildman–Crippen MR) is 69.7 cm³/mol. The van der Waals surface area contributed by atoms with Crippen LogP contribution in [0.3, 0.4) is 0 Å². The second-order valence-corrected chi connectivity index (χ2v) is 5.49. The Bertz CT molecular complexity index is 413. The fraction of sp³-hybridized carbons (Fsp3) is 0.692. The summed E-state index contributed by atoms with van der Waals surface area (Å²) < 4.78 is 0. The Balaban J connectivity index is 1.88. The van der Waals surface area contributed by atoms with E-state index in [0.29, 0.717) is 17.1 Å². The molecule has 3 nitrogen and oxygen atoms in total. The maximum absolute atomic E-state index is 6.11. The third-order valence-electron chi connectivity index (χ3n) is 3.39. The van der Waals surface area contributed by atoms with Gasteiger partial charge in [-0.2, -0.15) is 0 Å². The van der Waals surface area contributed by atoms with Crippen molar-refractivity contribution in [3.05, 3.63) is 17.0 Å². The van der Waals surface area contributed by atoms with Crippen LogP contribution in [0.4, 0.5) is 5.82 Å². The van der Waals surface area contributed by atoms with Crippen LogP contribution in [-0.4, -0.2) is 22.6 Å². The van der Waals surface area contributed by atoms with Crippen LogP contribution in [0, 0.1) is 0 Å². The number of rotatable bonds is 5. The fourth-order valence-electron chi connectivity index (χ4n) is 2.21. The van der Waals surface area contributed by atoms with E-state index in [9.17, 15) is 0 Å². The lowest BCUT2D eigenvalue weighted by Crippen LogP contribution is -2.27. The zero-order chi connectivity index (χ0) is 11.8. The summed E-state index contributed by atoms with van der Waals surface area (Å²) in [6.07, 6.45) is 6.17. The van der Waals surface area contributed by atoms with E-state index in [1.54, 1.807) is 0 Å². The molecule has 1 aromatic rings. The summed E-state index contributed by atoms with van der Waals surface area (Å²) in [7, 11) is 0. The molecule has 2 saturated carbocycles. The van der Waals surface area contributed by atoms with Crippen molar-refractivity contribution < 1.29 is 0 Å². The molecule has 1 heterocycles. The van der Waals surface area contributed by atoms with E-state index in [4.69, 9.17) is 16.6 Å². The topological polar surface area (TPSA) is 29.0 Å². The van der Waals surface area contributed by atoms with E-state index in [1.165, 1.54) is 25.7 Å². The van der Waals surface area contributed by atoms with Crippen LogP contribution in [-0.2, 0) is 0 Å². The average molecular weight is 252 g/mol. The number of anilines is 1. The van der Waals surface area contributed by atoms with E-state index in [-0.39, 0.29) is 0 Å². The zero-order valence-electron chi connectivity index (χ0n) is 10.2. The Morgan fingerprint density at radius 3 is 2.65 bits per heavy atom. The Kier molecular flexibility index (Phi) is 2.95. The lowest BCUT2D eigenvalue weighted by atomic mass is 10.3.